The quantitative estimate of drug-likeness (QED) is 0.654. The lowest BCUT2D eigenvalue weighted by Crippen LogP contribution is -2.29. The highest BCUT2D eigenvalue weighted by atomic mass is 79.9. The molecule has 2 aromatic rings. The molecule has 96 valence electrons. The average Bonchev–Trinajstić information content (AvgIpc) is 2.86. The molecule has 1 unspecified atom stereocenters. The second kappa shape index (κ2) is 6.33. The first-order valence-corrected chi connectivity index (χ1v) is 7.24. The molecule has 1 atom stereocenters. The maximum absolute atomic E-state index is 5.66. The van der Waals surface area contributed by atoms with E-state index >= 15 is 0 Å². The molecule has 3 nitrogen and oxygen atoms in total. The maximum Gasteiger partial charge on any atom is 0.134 e. The summed E-state index contributed by atoms with van der Waals surface area (Å²) in [7, 11) is 1.68. The van der Waals surface area contributed by atoms with E-state index in [9.17, 15) is 0 Å². The Morgan fingerprint density at radius 1 is 1.33 bits per heavy atom. The number of benzene rings is 1. The van der Waals surface area contributed by atoms with Crippen LogP contribution in [0.2, 0.25) is 0 Å². The smallest absolute Gasteiger partial charge is 0.134 e. The predicted molar refractivity (Wildman–Crippen MR) is 78.8 cm³/mol. The van der Waals surface area contributed by atoms with Gasteiger partial charge in [-0.1, -0.05) is 28.1 Å². The molecule has 3 N–H and O–H groups in total. The normalized spacial score (nSPS) is 12.4. The molecule has 0 aliphatic carbocycles. The fourth-order valence-electron chi connectivity index (χ4n) is 1.82. The van der Waals surface area contributed by atoms with Crippen molar-refractivity contribution in [1.82, 2.24) is 5.43 Å². The van der Waals surface area contributed by atoms with Crippen LogP contribution in [0.1, 0.15) is 16.5 Å². The fraction of sp³-hybridized carbons (Fsp3) is 0.231. The molecule has 0 fully saturated rings. The first-order valence-electron chi connectivity index (χ1n) is 5.56. The molecule has 1 heterocycles. The monoisotopic (exact) mass is 326 g/mol. The Morgan fingerprint density at radius 3 is 2.67 bits per heavy atom. The third-order valence-electron chi connectivity index (χ3n) is 2.75. The third kappa shape index (κ3) is 3.11. The fourth-order valence-corrected chi connectivity index (χ4v) is 3.00. The summed E-state index contributed by atoms with van der Waals surface area (Å²) in [6.07, 6.45) is 0.834. The molecule has 0 radical (unpaired) electrons. The Bertz CT molecular complexity index is 498. The minimum atomic E-state index is 0.0705. The van der Waals surface area contributed by atoms with Gasteiger partial charge in [-0.3, -0.25) is 11.3 Å². The van der Waals surface area contributed by atoms with Crippen LogP contribution in [-0.4, -0.2) is 7.11 Å². The summed E-state index contributed by atoms with van der Waals surface area (Å²) in [6, 6.07) is 10.3. The van der Waals surface area contributed by atoms with E-state index in [1.165, 1.54) is 5.56 Å². The maximum atomic E-state index is 5.66. The van der Waals surface area contributed by atoms with Gasteiger partial charge in [-0.15, -0.1) is 11.3 Å². The second-order valence-electron chi connectivity index (χ2n) is 3.90. The summed E-state index contributed by atoms with van der Waals surface area (Å²) in [5.41, 5.74) is 4.09. The van der Waals surface area contributed by atoms with Crippen LogP contribution in [0.3, 0.4) is 0 Å². The predicted octanol–water partition coefficient (Wildman–Crippen LogP) is 3.27. The Kier molecular flexibility index (Phi) is 4.77. The summed E-state index contributed by atoms with van der Waals surface area (Å²) in [4.78, 5) is 1.13. The van der Waals surface area contributed by atoms with Crippen LogP contribution in [-0.2, 0) is 6.42 Å². The first-order chi connectivity index (χ1) is 8.74. The number of hydrazine groups is 1. The van der Waals surface area contributed by atoms with Crippen LogP contribution in [0.5, 0.6) is 5.75 Å². The van der Waals surface area contributed by atoms with Gasteiger partial charge < -0.3 is 4.74 Å². The van der Waals surface area contributed by atoms with Crippen molar-refractivity contribution in [2.24, 2.45) is 5.84 Å². The van der Waals surface area contributed by atoms with E-state index in [4.69, 9.17) is 10.6 Å². The van der Waals surface area contributed by atoms with Gasteiger partial charge in [-0.25, -0.2) is 0 Å². The molecule has 1 aromatic carbocycles. The van der Waals surface area contributed by atoms with Crippen molar-refractivity contribution >= 4 is 27.3 Å². The van der Waals surface area contributed by atoms with Gasteiger partial charge in [-0.2, -0.15) is 0 Å². The van der Waals surface area contributed by atoms with Crippen molar-refractivity contribution in [3.05, 3.63) is 50.6 Å². The molecule has 0 aliphatic rings. The van der Waals surface area contributed by atoms with Crippen LogP contribution in [0.15, 0.2) is 40.2 Å². The van der Waals surface area contributed by atoms with E-state index in [2.05, 4.69) is 33.5 Å². The minimum Gasteiger partial charge on any atom is -0.496 e. The second-order valence-corrected chi connectivity index (χ2v) is 5.77. The summed E-state index contributed by atoms with van der Waals surface area (Å²) in [5.74, 6) is 6.55. The van der Waals surface area contributed by atoms with Gasteiger partial charge in [-0.05, 0) is 35.6 Å². The van der Waals surface area contributed by atoms with Gasteiger partial charge in [0.1, 0.15) is 5.75 Å². The molecule has 0 saturated carbocycles. The first kappa shape index (κ1) is 13.5. The molecule has 5 heteroatoms. The van der Waals surface area contributed by atoms with Gasteiger partial charge in [0, 0.05) is 4.47 Å². The Hall–Kier alpha value is -0.880. The minimum absolute atomic E-state index is 0.0705. The molecular weight excluding hydrogens is 312 g/mol. The van der Waals surface area contributed by atoms with Gasteiger partial charge in [0.2, 0.25) is 0 Å². The highest BCUT2D eigenvalue weighted by Gasteiger charge is 2.16. The zero-order valence-corrected chi connectivity index (χ0v) is 12.4. The largest absolute Gasteiger partial charge is 0.496 e. The molecule has 0 bridgehead atoms. The lowest BCUT2D eigenvalue weighted by Gasteiger charge is -2.16. The van der Waals surface area contributed by atoms with Crippen molar-refractivity contribution in [3.8, 4) is 5.75 Å². The van der Waals surface area contributed by atoms with E-state index in [1.807, 2.05) is 23.6 Å². The van der Waals surface area contributed by atoms with Gasteiger partial charge in [0.15, 0.2) is 0 Å². The molecular formula is C13H15BrN2OS. The van der Waals surface area contributed by atoms with Crippen molar-refractivity contribution in [3.63, 3.8) is 0 Å². The van der Waals surface area contributed by atoms with Crippen LogP contribution in [0, 0.1) is 0 Å². The lowest BCUT2D eigenvalue weighted by molar-refractivity contribution is 0.403. The molecule has 1 aromatic heterocycles. The van der Waals surface area contributed by atoms with Gasteiger partial charge in [0.05, 0.1) is 18.0 Å². The number of ether oxygens (including phenoxy) is 1. The van der Waals surface area contributed by atoms with Crippen molar-refractivity contribution in [2.75, 3.05) is 7.11 Å². The standard InChI is InChI=1S/C13H15BrN2OS/c1-17-12-6-7-18-13(12)11(16-15)8-9-2-4-10(14)5-3-9/h2-7,11,16H,8,15H2,1H3. The van der Waals surface area contributed by atoms with Crippen molar-refractivity contribution < 1.29 is 4.74 Å². The number of methoxy groups -OCH3 is 1. The molecule has 18 heavy (non-hydrogen) atoms. The van der Waals surface area contributed by atoms with Crippen LogP contribution in [0.4, 0.5) is 0 Å². The topological polar surface area (TPSA) is 47.3 Å². The summed E-state index contributed by atoms with van der Waals surface area (Å²) in [5, 5.41) is 2.01. The van der Waals surface area contributed by atoms with E-state index in [1.54, 1.807) is 18.4 Å². The number of rotatable bonds is 5. The van der Waals surface area contributed by atoms with E-state index in [-0.39, 0.29) is 6.04 Å². The third-order valence-corrected chi connectivity index (χ3v) is 4.29. The Morgan fingerprint density at radius 2 is 2.06 bits per heavy atom. The van der Waals surface area contributed by atoms with E-state index in [0.717, 1.165) is 21.5 Å². The molecule has 2 rings (SSSR count). The number of hydrogen-bond acceptors (Lipinski definition) is 4. The number of nitrogens with one attached hydrogen (secondary N) is 1. The average molecular weight is 327 g/mol. The summed E-state index contributed by atoms with van der Waals surface area (Å²) < 4.78 is 6.41. The highest BCUT2D eigenvalue weighted by Crippen LogP contribution is 2.32. The number of thiophene rings is 1. The summed E-state index contributed by atoms with van der Waals surface area (Å²) in [6.45, 7) is 0. The summed E-state index contributed by atoms with van der Waals surface area (Å²) >= 11 is 5.08. The Balaban J connectivity index is 2.17. The SMILES string of the molecule is COc1ccsc1C(Cc1ccc(Br)cc1)NN. The molecule has 0 saturated heterocycles. The van der Waals surface area contributed by atoms with Crippen molar-refractivity contribution in [1.29, 1.82) is 0 Å². The highest BCUT2D eigenvalue weighted by molar-refractivity contribution is 9.10. The molecule has 0 spiro atoms. The zero-order chi connectivity index (χ0) is 13.0. The number of nitrogens with two attached hydrogens (primary N) is 1. The number of halogens is 1. The van der Waals surface area contributed by atoms with E-state index < -0.39 is 0 Å². The van der Waals surface area contributed by atoms with Crippen LogP contribution in [0.25, 0.3) is 0 Å². The molecule has 0 aliphatic heterocycles. The zero-order valence-electron chi connectivity index (χ0n) is 10.0. The lowest BCUT2D eigenvalue weighted by atomic mass is 10.1. The van der Waals surface area contributed by atoms with Crippen molar-refractivity contribution in [2.45, 2.75) is 12.5 Å². The van der Waals surface area contributed by atoms with Gasteiger partial charge in [0.25, 0.3) is 0 Å². The van der Waals surface area contributed by atoms with E-state index in [0.29, 0.717) is 0 Å². The Labute approximate surface area is 119 Å². The number of hydrogen-bond donors (Lipinski definition) is 2. The van der Waals surface area contributed by atoms with Gasteiger partial charge >= 0.3 is 0 Å². The molecule has 0 amide bonds. The van der Waals surface area contributed by atoms with Crippen LogP contribution < -0.4 is 16.0 Å². The van der Waals surface area contributed by atoms with Crippen LogP contribution >= 0.6 is 27.3 Å².